The van der Waals surface area contributed by atoms with E-state index in [2.05, 4.69) is 144 Å². The highest BCUT2D eigenvalue weighted by Crippen LogP contribution is 2.40. The van der Waals surface area contributed by atoms with Crippen LogP contribution in [0.3, 0.4) is 0 Å². The number of hydrogen-bond acceptors (Lipinski definition) is 4. The molecule has 4 aromatic heterocycles. The second-order valence-corrected chi connectivity index (χ2v) is 15.8. The van der Waals surface area contributed by atoms with Crippen molar-refractivity contribution in [3.8, 4) is 62.2 Å². The van der Waals surface area contributed by atoms with E-state index in [1.165, 1.54) is 27.5 Å². The van der Waals surface area contributed by atoms with Crippen LogP contribution >= 0.6 is 0 Å². The van der Waals surface area contributed by atoms with Crippen LogP contribution in [0, 0.1) is 0 Å². The molecule has 1 aliphatic rings. The molecule has 0 bridgehead atoms. The van der Waals surface area contributed by atoms with Gasteiger partial charge in [-0.2, -0.15) is 0 Å². The van der Waals surface area contributed by atoms with Gasteiger partial charge in [-0.05, 0) is 96.6 Å². The van der Waals surface area contributed by atoms with E-state index < -0.39 is 0 Å². The monoisotopic (exact) mass is 810 g/mol. The molecule has 0 fully saturated rings. The number of nitrogens with zero attached hydrogens (tertiary/aromatic N) is 6. The van der Waals surface area contributed by atoms with Gasteiger partial charge in [0, 0.05) is 56.0 Å². The molecular weight excluding hydrogens is 769 g/mol. The van der Waals surface area contributed by atoms with Gasteiger partial charge in [0.15, 0.2) is 17.5 Å². The number of allylic oxidation sites excluding steroid dienone is 6. The summed E-state index contributed by atoms with van der Waals surface area (Å²) in [5.41, 5.74) is 14.4. The summed E-state index contributed by atoms with van der Waals surface area (Å²) in [4.78, 5) is 20.1. The Morgan fingerprint density at radius 2 is 1.25 bits per heavy atom. The summed E-state index contributed by atoms with van der Waals surface area (Å²) < 4.78 is 4.65. The first-order valence-electron chi connectivity index (χ1n) is 21.4. The minimum absolute atomic E-state index is 0.625. The van der Waals surface area contributed by atoms with E-state index in [4.69, 9.17) is 19.9 Å². The Labute approximate surface area is 366 Å². The van der Waals surface area contributed by atoms with Gasteiger partial charge in [0.2, 0.25) is 0 Å². The standard InChI is InChI=1S/C57H42N6/c1-3-5-24-44(4-2)62-49-28-14-12-25-46(49)48-36-40(31-33-51(48)62)43-32-34-53(58-37-43)63-50-29-15-13-26-47(50)54-45(27-17-30-52(54)63)41-22-16-23-42(35-41)57-60-55(38-18-8-6-9-19-38)59-56(61-57)39-20-10-7-11-21-39/h3-11,13-24,26-37H,1,12,25H2,2H3/b24-5-,44-4+. The van der Waals surface area contributed by atoms with Crippen LogP contribution in [0.1, 0.15) is 24.6 Å². The molecule has 0 amide bonds. The van der Waals surface area contributed by atoms with Crippen molar-refractivity contribution in [3.05, 3.63) is 212 Å². The third-order valence-corrected chi connectivity index (χ3v) is 12.0. The van der Waals surface area contributed by atoms with E-state index in [1.54, 1.807) is 0 Å². The van der Waals surface area contributed by atoms with E-state index in [-0.39, 0.29) is 0 Å². The lowest BCUT2D eigenvalue weighted by atomic mass is 9.97. The number of para-hydroxylation sites is 1. The summed E-state index contributed by atoms with van der Waals surface area (Å²) >= 11 is 0. The second kappa shape index (κ2) is 16.0. The number of benzene rings is 6. The zero-order chi connectivity index (χ0) is 42.3. The molecule has 63 heavy (non-hydrogen) atoms. The van der Waals surface area contributed by atoms with Gasteiger partial charge in [-0.3, -0.25) is 4.57 Å². The highest BCUT2D eigenvalue weighted by atomic mass is 15.1. The predicted molar refractivity (Wildman–Crippen MR) is 261 cm³/mol. The summed E-state index contributed by atoms with van der Waals surface area (Å²) in [6.07, 6.45) is 16.7. The minimum atomic E-state index is 0.625. The molecule has 0 unspecified atom stereocenters. The SMILES string of the molecule is C=C/C=C\C(=C/C)n1c2c(c3cc(-c4ccc(-n5c6ccccc6c6c(-c7cccc(-c8nc(-c9ccccc9)nc(-c9ccccc9)n8)c7)cccc65)nc4)ccc31)CCC=C2. The molecule has 0 atom stereocenters. The van der Waals surface area contributed by atoms with Crippen molar-refractivity contribution < 1.29 is 0 Å². The highest BCUT2D eigenvalue weighted by molar-refractivity contribution is 6.15. The first-order chi connectivity index (χ1) is 31.2. The fourth-order valence-electron chi connectivity index (χ4n) is 9.12. The van der Waals surface area contributed by atoms with Crippen LogP contribution in [0.25, 0.3) is 107 Å². The first kappa shape index (κ1) is 37.8. The average molecular weight is 811 g/mol. The maximum atomic E-state index is 5.16. The largest absolute Gasteiger partial charge is 0.310 e. The Morgan fingerprint density at radius 3 is 1.98 bits per heavy atom. The molecular formula is C57H42N6. The maximum Gasteiger partial charge on any atom is 0.164 e. The zero-order valence-corrected chi connectivity index (χ0v) is 34.9. The van der Waals surface area contributed by atoms with Crippen LogP contribution in [-0.4, -0.2) is 29.1 Å². The molecule has 4 heterocycles. The Hall–Kier alpha value is -8.22. The number of aromatic nitrogens is 6. The van der Waals surface area contributed by atoms with Gasteiger partial charge in [-0.15, -0.1) is 0 Å². The fourth-order valence-corrected chi connectivity index (χ4v) is 9.12. The number of hydrogen-bond donors (Lipinski definition) is 0. The van der Waals surface area contributed by atoms with Gasteiger partial charge in [-0.1, -0.05) is 146 Å². The van der Waals surface area contributed by atoms with E-state index in [1.807, 2.05) is 79.0 Å². The molecule has 10 aromatic rings. The van der Waals surface area contributed by atoms with Crippen molar-refractivity contribution >= 4 is 44.5 Å². The molecule has 0 N–H and O–H groups in total. The lowest BCUT2D eigenvalue weighted by molar-refractivity contribution is 0.974. The number of rotatable bonds is 9. The molecule has 6 nitrogen and oxygen atoms in total. The average Bonchev–Trinajstić information content (AvgIpc) is 3.87. The Kier molecular flexibility index (Phi) is 9.59. The summed E-state index contributed by atoms with van der Waals surface area (Å²) in [6.45, 7) is 5.98. The molecule has 0 spiro atoms. The second-order valence-electron chi connectivity index (χ2n) is 15.8. The molecule has 6 aromatic carbocycles. The number of pyridine rings is 1. The van der Waals surface area contributed by atoms with Gasteiger partial charge in [-0.25, -0.2) is 19.9 Å². The normalized spacial score (nSPS) is 12.7. The van der Waals surface area contributed by atoms with Crippen LogP contribution in [-0.2, 0) is 6.42 Å². The third kappa shape index (κ3) is 6.69. The van der Waals surface area contributed by atoms with Crippen molar-refractivity contribution in [2.75, 3.05) is 0 Å². The molecule has 300 valence electrons. The summed E-state index contributed by atoms with van der Waals surface area (Å²) in [6, 6.07) is 55.1. The van der Waals surface area contributed by atoms with Gasteiger partial charge >= 0.3 is 0 Å². The van der Waals surface area contributed by atoms with E-state index in [9.17, 15) is 0 Å². The van der Waals surface area contributed by atoms with Crippen molar-refractivity contribution in [3.63, 3.8) is 0 Å². The topological polar surface area (TPSA) is 61.4 Å². The van der Waals surface area contributed by atoms with Crippen molar-refractivity contribution in [1.29, 1.82) is 0 Å². The fraction of sp³-hybridized carbons (Fsp3) is 0.0526. The summed E-state index contributed by atoms with van der Waals surface area (Å²) in [7, 11) is 0. The van der Waals surface area contributed by atoms with E-state index in [0.29, 0.717) is 17.5 Å². The number of fused-ring (bicyclic) bond motifs is 6. The van der Waals surface area contributed by atoms with E-state index >= 15 is 0 Å². The predicted octanol–water partition coefficient (Wildman–Crippen LogP) is 14.2. The van der Waals surface area contributed by atoms with Crippen LogP contribution in [0.4, 0.5) is 0 Å². The van der Waals surface area contributed by atoms with Crippen molar-refractivity contribution in [2.24, 2.45) is 0 Å². The summed E-state index contributed by atoms with van der Waals surface area (Å²) in [5.74, 6) is 2.77. The lowest BCUT2D eigenvalue weighted by Gasteiger charge is -2.12. The first-order valence-corrected chi connectivity index (χ1v) is 21.4. The molecule has 6 heteroatoms. The van der Waals surface area contributed by atoms with Crippen molar-refractivity contribution in [2.45, 2.75) is 19.8 Å². The Morgan fingerprint density at radius 1 is 0.587 bits per heavy atom. The summed E-state index contributed by atoms with van der Waals surface area (Å²) in [5, 5.41) is 3.61. The molecule has 11 rings (SSSR count). The van der Waals surface area contributed by atoms with Crippen LogP contribution in [0.15, 0.2) is 201 Å². The quantitative estimate of drug-likeness (QED) is 0.136. The third-order valence-electron chi connectivity index (χ3n) is 12.0. The van der Waals surface area contributed by atoms with Crippen LogP contribution < -0.4 is 0 Å². The van der Waals surface area contributed by atoms with Crippen LogP contribution in [0.2, 0.25) is 0 Å². The smallest absolute Gasteiger partial charge is 0.164 e. The van der Waals surface area contributed by atoms with Gasteiger partial charge in [0.05, 0.1) is 16.6 Å². The van der Waals surface area contributed by atoms with Gasteiger partial charge in [0.1, 0.15) is 5.82 Å². The van der Waals surface area contributed by atoms with Gasteiger partial charge < -0.3 is 4.57 Å². The zero-order valence-electron chi connectivity index (χ0n) is 34.9. The Bertz CT molecular complexity index is 3400. The maximum absolute atomic E-state index is 5.16. The van der Waals surface area contributed by atoms with E-state index in [0.717, 1.165) is 79.7 Å². The number of aryl methyl sites for hydroxylation is 1. The minimum Gasteiger partial charge on any atom is -0.310 e. The molecule has 0 aliphatic heterocycles. The van der Waals surface area contributed by atoms with Crippen LogP contribution in [0.5, 0.6) is 0 Å². The molecule has 0 saturated carbocycles. The molecule has 0 saturated heterocycles. The molecule has 1 aliphatic carbocycles. The highest BCUT2D eigenvalue weighted by Gasteiger charge is 2.21. The van der Waals surface area contributed by atoms with Crippen molar-refractivity contribution in [1.82, 2.24) is 29.1 Å². The molecule has 0 radical (unpaired) electrons. The van der Waals surface area contributed by atoms with Gasteiger partial charge in [0.25, 0.3) is 0 Å². The Balaban J connectivity index is 0.992. The lowest BCUT2D eigenvalue weighted by Crippen LogP contribution is -2.00.